The monoisotopic (exact) mass is 349 g/mol. The van der Waals surface area contributed by atoms with E-state index >= 15 is 0 Å². The Morgan fingerprint density at radius 3 is 2.65 bits per heavy atom. The van der Waals surface area contributed by atoms with Gasteiger partial charge in [-0.2, -0.15) is 13.2 Å². The molecule has 1 fully saturated rings. The van der Waals surface area contributed by atoms with E-state index in [0.29, 0.717) is 22.9 Å². The van der Waals surface area contributed by atoms with Gasteiger partial charge in [-0.25, -0.2) is 0 Å². The van der Waals surface area contributed by atoms with Crippen LogP contribution < -0.4 is 5.32 Å². The van der Waals surface area contributed by atoms with Crippen molar-refractivity contribution in [1.82, 2.24) is 5.32 Å². The lowest BCUT2D eigenvalue weighted by atomic mass is 10.0. The topological polar surface area (TPSA) is 29.1 Å². The first-order valence-electron chi connectivity index (χ1n) is 6.44. The van der Waals surface area contributed by atoms with Gasteiger partial charge >= 0.3 is 6.18 Å². The second-order valence-corrected chi connectivity index (χ2v) is 6.13. The van der Waals surface area contributed by atoms with Gasteiger partial charge in [-0.3, -0.25) is 4.79 Å². The first kappa shape index (κ1) is 15.4. The summed E-state index contributed by atoms with van der Waals surface area (Å²) in [5, 5.41) is 2.60. The predicted molar refractivity (Wildman–Crippen MR) is 73.4 cm³/mol. The summed E-state index contributed by atoms with van der Waals surface area (Å²) < 4.78 is 39.1. The fourth-order valence-corrected chi connectivity index (χ4v) is 2.49. The zero-order valence-electron chi connectivity index (χ0n) is 10.9. The van der Waals surface area contributed by atoms with Crippen LogP contribution in [-0.4, -0.2) is 12.5 Å². The van der Waals surface area contributed by atoms with Crippen molar-refractivity contribution in [2.45, 2.75) is 25.9 Å². The molecule has 0 aromatic heterocycles. The first-order chi connectivity index (χ1) is 9.29. The minimum Gasteiger partial charge on any atom is -0.352 e. The number of hydrogen-bond donors (Lipinski definition) is 1. The molecular weight excluding hydrogens is 335 g/mol. The molecule has 1 atom stereocenters. The maximum Gasteiger partial charge on any atom is 0.417 e. The van der Waals surface area contributed by atoms with E-state index in [1.165, 1.54) is 12.1 Å². The molecule has 1 aromatic rings. The Kier molecular flexibility index (Phi) is 4.42. The van der Waals surface area contributed by atoms with Crippen molar-refractivity contribution in [3.63, 3.8) is 0 Å². The van der Waals surface area contributed by atoms with Crippen LogP contribution in [0.25, 0.3) is 0 Å². The van der Waals surface area contributed by atoms with Gasteiger partial charge < -0.3 is 5.32 Å². The molecule has 0 heterocycles. The second-order valence-electron chi connectivity index (χ2n) is 5.21. The number of rotatable bonds is 4. The highest BCUT2D eigenvalue weighted by atomic mass is 79.9. The number of amides is 1. The molecule has 20 heavy (non-hydrogen) atoms. The first-order valence-corrected chi connectivity index (χ1v) is 7.23. The third-order valence-electron chi connectivity index (χ3n) is 3.54. The minimum absolute atomic E-state index is 0.299. The summed E-state index contributed by atoms with van der Waals surface area (Å²) >= 11 is 3.00. The quantitative estimate of drug-likeness (QED) is 0.865. The Hall–Kier alpha value is -1.04. The average molecular weight is 350 g/mol. The summed E-state index contributed by atoms with van der Waals surface area (Å²) in [4.78, 5) is 11.9. The van der Waals surface area contributed by atoms with Crippen LogP contribution in [0.3, 0.4) is 0 Å². The molecule has 0 spiro atoms. The fourth-order valence-electron chi connectivity index (χ4n) is 2.13. The van der Waals surface area contributed by atoms with Crippen LogP contribution in [0.4, 0.5) is 13.2 Å². The molecule has 2 nitrogen and oxygen atoms in total. The largest absolute Gasteiger partial charge is 0.417 e. The van der Waals surface area contributed by atoms with Crippen LogP contribution in [0, 0.1) is 11.8 Å². The van der Waals surface area contributed by atoms with E-state index in [1.54, 1.807) is 0 Å². The van der Waals surface area contributed by atoms with Crippen molar-refractivity contribution in [2.24, 2.45) is 11.8 Å². The van der Waals surface area contributed by atoms with Crippen molar-refractivity contribution in [1.29, 1.82) is 0 Å². The minimum atomic E-state index is -4.54. The van der Waals surface area contributed by atoms with Gasteiger partial charge in [0.15, 0.2) is 0 Å². The van der Waals surface area contributed by atoms with Crippen LogP contribution >= 0.6 is 15.9 Å². The Morgan fingerprint density at radius 1 is 1.45 bits per heavy atom. The molecule has 1 aromatic carbocycles. The van der Waals surface area contributed by atoms with Gasteiger partial charge in [-0.1, -0.05) is 22.9 Å². The van der Waals surface area contributed by atoms with Crippen LogP contribution in [0.5, 0.6) is 0 Å². The lowest BCUT2D eigenvalue weighted by molar-refractivity contribution is -0.138. The molecule has 1 unspecified atom stereocenters. The molecule has 1 saturated carbocycles. The number of benzene rings is 1. The van der Waals surface area contributed by atoms with Gasteiger partial charge in [-0.15, -0.1) is 0 Å². The molecular formula is C14H15BrF3NO. The Labute approximate surface area is 123 Å². The van der Waals surface area contributed by atoms with Crippen molar-refractivity contribution < 1.29 is 18.0 Å². The van der Waals surface area contributed by atoms with E-state index in [4.69, 9.17) is 0 Å². The lowest BCUT2D eigenvalue weighted by Gasteiger charge is -2.15. The molecule has 0 radical (unpaired) electrons. The highest BCUT2D eigenvalue weighted by Crippen LogP contribution is 2.36. The SMILES string of the molecule is CC(CNC(=O)c1ccc(Br)cc1C(F)(F)F)C1CC1. The maximum atomic E-state index is 12.9. The third kappa shape index (κ3) is 3.75. The lowest BCUT2D eigenvalue weighted by Crippen LogP contribution is -2.30. The van der Waals surface area contributed by atoms with Gasteiger partial charge in [-0.05, 0) is 42.9 Å². The van der Waals surface area contributed by atoms with Crippen molar-refractivity contribution in [3.8, 4) is 0 Å². The average Bonchev–Trinajstić information content (AvgIpc) is 3.18. The predicted octanol–water partition coefficient (Wildman–Crippen LogP) is 4.24. The molecule has 1 amide bonds. The molecule has 0 saturated heterocycles. The van der Waals surface area contributed by atoms with E-state index in [0.717, 1.165) is 18.9 Å². The number of halogens is 4. The van der Waals surface area contributed by atoms with Crippen LogP contribution in [0.15, 0.2) is 22.7 Å². The highest BCUT2D eigenvalue weighted by molar-refractivity contribution is 9.10. The molecule has 1 N–H and O–H groups in total. The zero-order valence-corrected chi connectivity index (χ0v) is 12.5. The zero-order chi connectivity index (χ0) is 14.9. The molecule has 0 bridgehead atoms. The fraction of sp³-hybridized carbons (Fsp3) is 0.500. The summed E-state index contributed by atoms with van der Waals surface area (Å²) in [5.41, 5.74) is -1.24. The van der Waals surface area contributed by atoms with Crippen molar-refractivity contribution >= 4 is 21.8 Å². The number of hydrogen-bond acceptors (Lipinski definition) is 1. The Morgan fingerprint density at radius 2 is 2.10 bits per heavy atom. The number of alkyl halides is 3. The number of nitrogens with one attached hydrogen (secondary N) is 1. The smallest absolute Gasteiger partial charge is 0.352 e. The molecule has 0 aliphatic heterocycles. The van der Waals surface area contributed by atoms with E-state index in [9.17, 15) is 18.0 Å². The number of carbonyl (C=O) groups is 1. The Balaban J connectivity index is 2.12. The molecule has 2 rings (SSSR count). The van der Waals surface area contributed by atoms with Gasteiger partial charge in [0.1, 0.15) is 0 Å². The molecule has 1 aliphatic rings. The number of carbonyl (C=O) groups excluding carboxylic acids is 1. The standard InChI is InChI=1S/C14H15BrF3NO/c1-8(9-2-3-9)7-19-13(20)11-5-4-10(15)6-12(11)14(16,17)18/h4-6,8-9H,2-3,7H2,1H3,(H,19,20). The second kappa shape index (κ2) is 5.76. The van der Waals surface area contributed by atoms with Gasteiger partial charge in [0.25, 0.3) is 5.91 Å². The van der Waals surface area contributed by atoms with Crippen LogP contribution in [-0.2, 0) is 6.18 Å². The molecule has 6 heteroatoms. The van der Waals surface area contributed by atoms with Gasteiger partial charge in [0.2, 0.25) is 0 Å². The van der Waals surface area contributed by atoms with Crippen LogP contribution in [0.2, 0.25) is 0 Å². The highest BCUT2D eigenvalue weighted by Gasteiger charge is 2.35. The van der Waals surface area contributed by atoms with E-state index in [1.807, 2.05) is 6.92 Å². The van der Waals surface area contributed by atoms with E-state index in [-0.39, 0.29) is 5.56 Å². The van der Waals surface area contributed by atoms with Gasteiger partial charge in [0, 0.05) is 11.0 Å². The maximum absolute atomic E-state index is 12.9. The summed E-state index contributed by atoms with van der Waals surface area (Å²) in [7, 11) is 0. The van der Waals surface area contributed by atoms with Crippen molar-refractivity contribution in [2.75, 3.05) is 6.54 Å². The third-order valence-corrected chi connectivity index (χ3v) is 4.04. The summed E-state index contributed by atoms with van der Waals surface area (Å²) in [6.45, 7) is 2.42. The summed E-state index contributed by atoms with van der Waals surface area (Å²) in [5.74, 6) is 0.239. The summed E-state index contributed by atoms with van der Waals surface area (Å²) in [6, 6.07) is 3.57. The molecule has 110 valence electrons. The van der Waals surface area contributed by atoms with Crippen molar-refractivity contribution in [3.05, 3.63) is 33.8 Å². The van der Waals surface area contributed by atoms with Crippen LogP contribution in [0.1, 0.15) is 35.7 Å². The van der Waals surface area contributed by atoms with E-state index in [2.05, 4.69) is 21.2 Å². The van der Waals surface area contributed by atoms with Gasteiger partial charge in [0.05, 0.1) is 11.1 Å². The molecule has 1 aliphatic carbocycles. The Bertz CT molecular complexity index is 512. The van der Waals surface area contributed by atoms with E-state index < -0.39 is 17.6 Å². The summed E-state index contributed by atoms with van der Waals surface area (Å²) in [6.07, 6.45) is -2.26. The normalized spacial score (nSPS) is 16.9.